The Hall–Kier alpha value is -2.76. The molecule has 62 heavy (non-hydrogen) atoms. The van der Waals surface area contributed by atoms with Gasteiger partial charge in [-0.1, -0.05) is 145 Å². The Morgan fingerprint density at radius 2 is 0.661 bits per heavy atom. The number of rotatable bonds is 20. The number of hydrogen-bond acceptors (Lipinski definition) is 0. The molecule has 3 aromatic rings. The topological polar surface area (TPSA) is 0 Å². The molecule has 0 N–H and O–H groups in total. The minimum Gasteiger partial charge on any atom is -0.211 e. The van der Waals surface area contributed by atoms with Gasteiger partial charge in [0.05, 0.1) is 0 Å². The summed E-state index contributed by atoms with van der Waals surface area (Å²) in [4.78, 5) is 0. The standard InChI is InChI=1S/C20H30F2.C19H28F2.C17H24F2/c1-2-3-4-5-16-6-11-18(12-7-16)19-13-8-17(9-14-19)10-15-20(21)22;1-2-3-4-15-5-10-17(11-6-15)18-12-7-16(8-13-18)9-14-19(20)21;1-2-13-3-8-15(9-4-13)16-10-5-14(6-11-16)7-12-17(18)19/h8-9,13-14,16,18,20H,2-7,10-12,15H2,1H3;7-8,12-13,15,17,19H,2-6,9-11,14H2,1H3;5-6,10-11,13,15,17H,2-4,7-9,12H2,1H3. The Morgan fingerprint density at radius 3 is 0.935 bits per heavy atom. The van der Waals surface area contributed by atoms with Crippen molar-refractivity contribution < 1.29 is 26.3 Å². The van der Waals surface area contributed by atoms with E-state index in [1.54, 1.807) is 0 Å². The summed E-state index contributed by atoms with van der Waals surface area (Å²) in [5.41, 5.74) is 7.33. The number of unbranched alkanes of at least 4 members (excludes halogenated alkanes) is 3. The monoisotopic (exact) mass is 869 g/mol. The molecule has 3 aliphatic carbocycles. The lowest BCUT2D eigenvalue weighted by Crippen LogP contribution is -2.13. The molecule has 348 valence electrons. The van der Waals surface area contributed by atoms with E-state index in [0.717, 1.165) is 34.4 Å². The van der Waals surface area contributed by atoms with Crippen LogP contribution >= 0.6 is 0 Å². The minimum absolute atomic E-state index is 0.0256. The Morgan fingerprint density at radius 1 is 0.371 bits per heavy atom. The van der Waals surface area contributed by atoms with E-state index in [1.807, 2.05) is 36.4 Å². The van der Waals surface area contributed by atoms with Gasteiger partial charge in [0.15, 0.2) is 0 Å². The van der Waals surface area contributed by atoms with Crippen LogP contribution in [0, 0.1) is 17.8 Å². The average molecular weight is 869 g/mol. The Kier molecular flexibility index (Phi) is 24.8. The second kappa shape index (κ2) is 29.6. The van der Waals surface area contributed by atoms with Crippen LogP contribution in [0.3, 0.4) is 0 Å². The molecule has 0 unspecified atom stereocenters. The molecule has 0 heterocycles. The normalized spacial score (nSPS) is 22.8. The van der Waals surface area contributed by atoms with Gasteiger partial charge in [-0.05, 0) is 165 Å². The smallest absolute Gasteiger partial charge is 0.211 e. The summed E-state index contributed by atoms with van der Waals surface area (Å²) in [6, 6.07) is 25.2. The van der Waals surface area contributed by atoms with Gasteiger partial charge in [-0.2, -0.15) is 0 Å². The molecule has 0 spiro atoms. The molecule has 0 nitrogen and oxygen atoms in total. The van der Waals surface area contributed by atoms with Crippen LogP contribution in [0.1, 0.15) is 220 Å². The van der Waals surface area contributed by atoms with Gasteiger partial charge in [0, 0.05) is 19.3 Å². The van der Waals surface area contributed by atoms with Crippen LogP contribution in [0.25, 0.3) is 0 Å². The molecular weight excluding hydrogens is 787 g/mol. The number of aryl methyl sites for hydroxylation is 3. The van der Waals surface area contributed by atoms with Crippen LogP contribution < -0.4 is 0 Å². The Labute approximate surface area is 373 Å². The number of alkyl halides is 6. The summed E-state index contributed by atoms with van der Waals surface area (Å²) >= 11 is 0. The zero-order valence-electron chi connectivity index (χ0n) is 38.8. The highest BCUT2D eigenvalue weighted by Crippen LogP contribution is 2.40. The van der Waals surface area contributed by atoms with Crippen LogP contribution in [0.15, 0.2) is 72.8 Å². The van der Waals surface area contributed by atoms with Crippen molar-refractivity contribution in [3.63, 3.8) is 0 Å². The average Bonchev–Trinajstić information content (AvgIpc) is 3.30. The fraction of sp³-hybridized carbons (Fsp3) is 0.679. The summed E-state index contributed by atoms with van der Waals surface area (Å²) in [5, 5.41) is 0. The lowest BCUT2D eigenvalue weighted by molar-refractivity contribution is 0.137. The minimum atomic E-state index is -2.19. The zero-order chi connectivity index (χ0) is 44.5. The van der Waals surface area contributed by atoms with Crippen molar-refractivity contribution in [3.8, 4) is 0 Å². The predicted octanol–water partition coefficient (Wildman–Crippen LogP) is 18.7. The van der Waals surface area contributed by atoms with Gasteiger partial charge in [0.25, 0.3) is 0 Å². The number of benzene rings is 3. The van der Waals surface area contributed by atoms with Crippen molar-refractivity contribution in [1.29, 1.82) is 0 Å². The van der Waals surface area contributed by atoms with Crippen LogP contribution in [0.5, 0.6) is 0 Å². The van der Waals surface area contributed by atoms with Gasteiger partial charge in [0.1, 0.15) is 0 Å². The zero-order valence-corrected chi connectivity index (χ0v) is 38.8. The summed E-state index contributed by atoms with van der Waals surface area (Å²) < 4.78 is 73.2. The molecule has 3 aliphatic rings. The van der Waals surface area contributed by atoms with Gasteiger partial charge in [0.2, 0.25) is 19.3 Å². The van der Waals surface area contributed by atoms with Gasteiger partial charge in [-0.15, -0.1) is 0 Å². The SMILES string of the molecule is CCC1CCC(c2ccc(CCC(F)F)cc2)CC1.CCCCC1CCC(c2ccc(CCC(F)F)cc2)CC1.CCCCCC1CCC(c2ccc(CCC(F)F)cc2)CC1. The molecule has 0 radical (unpaired) electrons. The maximum absolute atomic E-state index is 12.2. The first-order chi connectivity index (χ1) is 30.1. The predicted molar refractivity (Wildman–Crippen MR) is 250 cm³/mol. The van der Waals surface area contributed by atoms with Crippen molar-refractivity contribution >= 4 is 0 Å². The summed E-state index contributed by atoms with van der Waals surface area (Å²) in [6.07, 6.45) is 21.6. The largest absolute Gasteiger partial charge is 0.239 e. The third-order valence-corrected chi connectivity index (χ3v) is 14.6. The van der Waals surface area contributed by atoms with Crippen LogP contribution in [0.4, 0.5) is 26.3 Å². The maximum atomic E-state index is 12.2. The molecule has 3 aromatic carbocycles. The molecule has 0 aromatic heterocycles. The highest BCUT2D eigenvalue weighted by atomic mass is 19.3. The Balaban J connectivity index is 0.000000205. The van der Waals surface area contributed by atoms with E-state index < -0.39 is 19.3 Å². The maximum Gasteiger partial charge on any atom is 0.239 e. The molecule has 6 rings (SSSR count). The van der Waals surface area contributed by atoms with Crippen LogP contribution in [0.2, 0.25) is 0 Å². The molecule has 3 fully saturated rings. The summed E-state index contributed by atoms with van der Waals surface area (Å²) in [6.45, 7) is 6.81. The molecule has 0 amide bonds. The fourth-order valence-electron chi connectivity index (χ4n) is 10.3. The first-order valence-electron chi connectivity index (χ1n) is 25.2. The van der Waals surface area contributed by atoms with Gasteiger partial charge in [-0.3, -0.25) is 0 Å². The van der Waals surface area contributed by atoms with E-state index in [1.165, 1.54) is 145 Å². The molecule has 0 atom stereocenters. The first kappa shape index (κ1) is 51.9. The van der Waals surface area contributed by atoms with E-state index in [2.05, 4.69) is 57.2 Å². The quantitative estimate of drug-likeness (QED) is 0.0784. The van der Waals surface area contributed by atoms with Crippen molar-refractivity contribution in [1.82, 2.24) is 0 Å². The molecule has 0 aliphatic heterocycles. The van der Waals surface area contributed by atoms with Crippen molar-refractivity contribution in [2.24, 2.45) is 17.8 Å². The van der Waals surface area contributed by atoms with Gasteiger partial charge < -0.3 is 0 Å². The molecular formula is C56H82F6. The van der Waals surface area contributed by atoms with Gasteiger partial charge >= 0.3 is 0 Å². The summed E-state index contributed by atoms with van der Waals surface area (Å²) in [7, 11) is 0. The van der Waals surface area contributed by atoms with Crippen molar-refractivity contribution in [3.05, 3.63) is 106 Å². The lowest BCUT2D eigenvalue weighted by atomic mass is 9.77. The Bertz CT molecular complexity index is 1530. The summed E-state index contributed by atoms with van der Waals surface area (Å²) in [5.74, 6) is 4.85. The molecule has 6 heteroatoms. The van der Waals surface area contributed by atoms with Crippen molar-refractivity contribution in [2.75, 3.05) is 0 Å². The second-order valence-electron chi connectivity index (χ2n) is 19.2. The van der Waals surface area contributed by atoms with Crippen LogP contribution in [-0.4, -0.2) is 19.3 Å². The fourth-order valence-corrected chi connectivity index (χ4v) is 10.3. The molecule has 0 saturated heterocycles. The van der Waals surface area contributed by atoms with E-state index in [0.29, 0.717) is 37.0 Å². The molecule has 0 bridgehead atoms. The number of halogens is 6. The second-order valence-corrected chi connectivity index (χ2v) is 19.2. The van der Waals surface area contributed by atoms with E-state index in [4.69, 9.17) is 0 Å². The first-order valence-corrected chi connectivity index (χ1v) is 25.2. The number of hydrogen-bond donors (Lipinski definition) is 0. The van der Waals surface area contributed by atoms with E-state index in [-0.39, 0.29) is 19.3 Å². The van der Waals surface area contributed by atoms with E-state index in [9.17, 15) is 26.3 Å². The van der Waals surface area contributed by atoms with E-state index >= 15 is 0 Å². The third-order valence-electron chi connectivity index (χ3n) is 14.6. The molecule has 3 saturated carbocycles. The highest BCUT2D eigenvalue weighted by molar-refractivity contribution is 5.28. The van der Waals surface area contributed by atoms with Crippen LogP contribution in [-0.2, 0) is 19.3 Å². The van der Waals surface area contributed by atoms with Gasteiger partial charge in [-0.25, -0.2) is 26.3 Å². The third kappa shape index (κ3) is 20.0. The highest BCUT2D eigenvalue weighted by Gasteiger charge is 2.24. The lowest BCUT2D eigenvalue weighted by Gasteiger charge is -2.29. The van der Waals surface area contributed by atoms with Crippen molar-refractivity contribution in [2.45, 2.75) is 225 Å².